The fourth-order valence-electron chi connectivity index (χ4n) is 2.92. The fraction of sp³-hybridized carbons (Fsp3) is 0.647. The minimum absolute atomic E-state index is 0.367. The van der Waals surface area contributed by atoms with Crippen molar-refractivity contribution in [1.29, 1.82) is 0 Å². The van der Waals surface area contributed by atoms with Crippen LogP contribution in [0.5, 0.6) is 0 Å². The highest BCUT2D eigenvalue weighted by Crippen LogP contribution is 2.34. The summed E-state index contributed by atoms with van der Waals surface area (Å²) in [7, 11) is 0. The minimum Gasteiger partial charge on any atom is -0.388 e. The summed E-state index contributed by atoms with van der Waals surface area (Å²) < 4.78 is 0. The average molecular weight is 293 g/mol. The number of aliphatic hydroxyl groups is 1. The topological polar surface area (TPSA) is 46.2 Å². The Labute approximate surface area is 127 Å². The van der Waals surface area contributed by atoms with Crippen molar-refractivity contribution in [3.8, 4) is 0 Å². The Hall–Kier alpha value is -0.510. The Balaban J connectivity index is 1.92. The predicted octanol–water partition coefficient (Wildman–Crippen LogP) is 4.13. The first-order valence-electron chi connectivity index (χ1n) is 7.91. The van der Waals surface area contributed by atoms with Gasteiger partial charge in [-0.15, -0.1) is 11.8 Å². The number of benzene rings is 1. The van der Waals surface area contributed by atoms with Gasteiger partial charge in [0.1, 0.15) is 0 Å². The van der Waals surface area contributed by atoms with Crippen LogP contribution in [0, 0.1) is 5.92 Å². The van der Waals surface area contributed by atoms with E-state index < -0.39 is 0 Å². The first kappa shape index (κ1) is 15.9. The standard InChI is InChI=1S/C17H27NOS/c18-12-6-10-16(19)15-9-4-5-11-17(15)20-13-14-7-2-1-3-8-14/h4-5,9,11,14,16,19H,1-3,6-8,10,12-13,18H2/t16-/m0/s1. The molecule has 20 heavy (non-hydrogen) atoms. The lowest BCUT2D eigenvalue weighted by Gasteiger charge is -2.22. The van der Waals surface area contributed by atoms with E-state index in [-0.39, 0.29) is 6.10 Å². The van der Waals surface area contributed by atoms with Crippen molar-refractivity contribution in [2.24, 2.45) is 11.7 Å². The van der Waals surface area contributed by atoms with Crippen molar-refractivity contribution in [2.45, 2.75) is 55.9 Å². The van der Waals surface area contributed by atoms with Crippen molar-refractivity contribution in [1.82, 2.24) is 0 Å². The molecule has 1 fully saturated rings. The lowest BCUT2D eigenvalue weighted by atomic mass is 9.91. The molecular weight excluding hydrogens is 266 g/mol. The Morgan fingerprint density at radius 1 is 1.20 bits per heavy atom. The Kier molecular flexibility index (Phi) is 6.91. The van der Waals surface area contributed by atoms with Gasteiger partial charge in [-0.25, -0.2) is 0 Å². The molecule has 0 aromatic heterocycles. The summed E-state index contributed by atoms with van der Waals surface area (Å²) in [6.45, 7) is 0.647. The summed E-state index contributed by atoms with van der Waals surface area (Å²) in [6.07, 6.45) is 8.23. The van der Waals surface area contributed by atoms with E-state index in [1.54, 1.807) is 0 Å². The molecule has 0 saturated heterocycles. The van der Waals surface area contributed by atoms with E-state index in [4.69, 9.17) is 5.73 Å². The van der Waals surface area contributed by atoms with E-state index in [2.05, 4.69) is 18.2 Å². The maximum atomic E-state index is 10.3. The van der Waals surface area contributed by atoms with Gasteiger partial charge in [0.25, 0.3) is 0 Å². The van der Waals surface area contributed by atoms with E-state index in [0.717, 1.165) is 24.3 Å². The van der Waals surface area contributed by atoms with Crippen LogP contribution < -0.4 is 5.73 Å². The second-order valence-electron chi connectivity index (χ2n) is 5.80. The monoisotopic (exact) mass is 293 g/mol. The lowest BCUT2D eigenvalue weighted by Crippen LogP contribution is -2.09. The molecule has 1 aromatic carbocycles. The zero-order valence-electron chi connectivity index (χ0n) is 12.3. The summed E-state index contributed by atoms with van der Waals surface area (Å²) in [6, 6.07) is 8.30. The summed E-state index contributed by atoms with van der Waals surface area (Å²) >= 11 is 1.92. The highest BCUT2D eigenvalue weighted by atomic mass is 32.2. The molecular formula is C17H27NOS. The zero-order valence-corrected chi connectivity index (χ0v) is 13.1. The molecule has 2 rings (SSSR count). The summed E-state index contributed by atoms with van der Waals surface area (Å²) in [5.41, 5.74) is 6.62. The van der Waals surface area contributed by atoms with Gasteiger partial charge in [-0.1, -0.05) is 37.5 Å². The molecule has 1 aliphatic rings. The van der Waals surface area contributed by atoms with Crippen LogP contribution in [0.1, 0.15) is 56.6 Å². The number of hydrogen-bond acceptors (Lipinski definition) is 3. The molecule has 1 saturated carbocycles. The maximum Gasteiger partial charge on any atom is 0.0801 e. The van der Waals surface area contributed by atoms with Crippen LogP contribution in [0.15, 0.2) is 29.2 Å². The maximum absolute atomic E-state index is 10.3. The third kappa shape index (κ3) is 4.80. The quantitative estimate of drug-likeness (QED) is 0.743. The van der Waals surface area contributed by atoms with Gasteiger partial charge in [0.2, 0.25) is 0 Å². The van der Waals surface area contributed by atoms with Gasteiger partial charge in [0, 0.05) is 10.6 Å². The molecule has 0 aliphatic heterocycles. The molecule has 0 bridgehead atoms. The third-order valence-electron chi connectivity index (χ3n) is 4.16. The van der Waals surface area contributed by atoms with Crippen molar-refractivity contribution >= 4 is 11.8 Å². The smallest absolute Gasteiger partial charge is 0.0801 e. The molecule has 0 amide bonds. The molecule has 1 aromatic rings. The number of thioether (sulfide) groups is 1. The molecule has 0 radical (unpaired) electrons. The fourth-order valence-corrected chi connectivity index (χ4v) is 4.21. The molecule has 0 unspecified atom stereocenters. The SMILES string of the molecule is NCCC[C@H](O)c1ccccc1SCC1CCCCC1. The van der Waals surface area contributed by atoms with Gasteiger partial charge in [-0.2, -0.15) is 0 Å². The average Bonchev–Trinajstić information content (AvgIpc) is 2.52. The molecule has 0 heterocycles. The largest absolute Gasteiger partial charge is 0.388 e. The summed E-state index contributed by atoms with van der Waals surface area (Å²) in [4.78, 5) is 1.25. The Morgan fingerprint density at radius 3 is 2.70 bits per heavy atom. The number of nitrogens with two attached hydrogens (primary N) is 1. The normalized spacial score (nSPS) is 18.1. The van der Waals surface area contributed by atoms with E-state index in [0.29, 0.717) is 6.54 Å². The van der Waals surface area contributed by atoms with Gasteiger partial charge >= 0.3 is 0 Å². The van der Waals surface area contributed by atoms with Crippen LogP contribution in [0.25, 0.3) is 0 Å². The van der Waals surface area contributed by atoms with Crippen LogP contribution >= 0.6 is 11.8 Å². The van der Waals surface area contributed by atoms with Crippen LogP contribution in [-0.2, 0) is 0 Å². The van der Waals surface area contributed by atoms with E-state index in [1.165, 1.54) is 42.8 Å². The molecule has 3 heteroatoms. The highest BCUT2D eigenvalue weighted by molar-refractivity contribution is 7.99. The van der Waals surface area contributed by atoms with Crippen LogP contribution in [0.3, 0.4) is 0 Å². The molecule has 112 valence electrons. The highest BCUT2D eigenvalue weighted by Gasteiger charge is 2.16. The number of rotatable bonds is 7. The Morgan fingerprint density at radius 2 is 1.95 bits per heavy atom. The second kappa shape index (κ2) is 8.71. The van der Waals surface area contributed by atoms with Crippen molar-refractivity contribution in [3.63, 3.8) is 0 Å². The third-order valence-corrected chi connectivity index (χ3v) is 5.48. The van der Waals surface area contributed by atoms with Gasteiger partial charge < -0.3 is 10.8 Å². The Bertz CT molecular complexity index is 390. The van der Waals surface area contributed by atoms with Crippen molar-refractivity contribution in [3.05, 3.63) is 29.8 Å². The van der Waals surface area contributed by atoms with Gasteiger partial charge in [-0.05, 0) is 49.8 Å². The minimum atomic E-state index is -0.367. The second-order valence-corrected chi connectivity index (χ2v) is 6.86. The van der Waals surface area contributed by atoms with Gasteiger partial charge in [-0.3, -0.25) is 0 Å². The van der Waals surface area contributed by atoms with Gasteiger partial charge in [0.15, 0.2) is 0 Å². The van der Waals surface area contributed by atoms with Crippen LogP contribution in [0.2, 0.25) is 0 Å². The van der Waals surface area contributed by atoms with Crippen LogP contribution in [0.4, 0.5) is 0 Å². The zero-order chi connectivity index (χ0) is 14.2. The predicted molar refractivity (Wildman–Crippen MR) is 87.0 cm³/mol. The number of aliphatic hydroxyl groups excluding tert-OH is 1. The molecule has 1 atom stereocenters. The van der Waals surface area contributed by atoms with Crippen molar-refractivity contribution < 1.29 is 5.11 Å². The number of hydrogen-bond donors (Lipinski definition) is 2. The molecule has 3 N–H and O–H groups in total. The van der Waals surface area contributed by atoms with Crippen LogP contribution in [-0.4, -0.2) is 17.4 Å². The van der Waals surface area contributed by atoms with Crippen molar-refractivity contribution in [2.75, 3.05) is 12.3 Å². The summed E-state index contributed by atoms with van der Waals surface area (Å²) in [5, 5.41) is 10.3. The van der Waals surface area contributed by atoms with E-state index in [9.17, 15) is 5.11 Å². The molecule has 2 nitrogen and oxygen atoms in total. The van der Waals surface area contributed by atoms with E-state index in [1.807, 2.05) is 17.8 Å². The lowest BCUT2D eigenvalue weighted by molar-refractivity contribution is 0.162. The summed E-state index contributed by atoms with van der Waals surface area (Å²) in [5.74, 6) is 2.06. The first-order chi connectivity index (χ1) is 9.81. The molecule has 1 aliphatic carbocycles. The van der Waals surface area contributed by atoms with Gasteiger partial charge in [0.05, 0.1) is 6.10 Å². The molecule has 0 spiro atoms. The van der Waals surface area contributed by atoms with E-state index >= 15 is 0 Å². The first-order valence-corrected chi connectivity index (χ1v) is 8.89.